The highest BCUT2D eigenvalue weighted by atomic mass is 16.6. The first kappa shape index (κ1) is 22.8. The number of ether oxygens (including phenoxy) is 2. The molecule has 4 heteroatoms. The van der Waals surface area contributed by atoms with Gasteiger partial charge in [0.15, 0.2) is 0 Å². The van der Waals surface area contributed by atoms with Crippen molar-refractivity contribution >= 4 is 16.7 Å². The second-order valence-corrected chi connectivity index (χ2v) is 8.44. The predicted octanol–water partition coefficient (Wildman–Crippen LogP) is 5.49. The van der Waals surface area contributed by atoms with E-state index >= 15 is 0 Å². The van der Waals surface area contributed by atoms with Crippen molar-refractivity contribution in [2.75, 3.05) is 13.2 Å². The Morgan fingerprint density at radius 3 is 2.19 bits per heavy atom. The van der Waals surface area contributed by atoms with Crippen molar-refractivity contribution in [3.63, 3.8) is 0 Å². The third-order valence-electron chi connectivity index (χ3n) is 5.43. The summed E-state index contributed by atoms with van der Waals surface area (Å²) in [5.41, 5.74) is 0.982. The topological polar surface area (TPSA) is 38.8 Å². The molecule has 0 aliphatic carbocycles. The van der Waals surface area contributed by atoms with Crippen molar-refractivity contribution < 1.29 is 14.3 Å². The fourth-order valence-corrected chi connectivity index (χ4v) is 3.91. The molecule has 0 amide bonds. The summed E-state index contributed by atoms with van der Waals surface area (Å²) in [4.78, 5) is 15.2. The van der Waals surface area contributed by atoms with Gasteiger partial charge in [-0.1, -0.05) is 60.7 Å². The Morgan fingerprint density at radius 2 is 1.48 bits per heavy atom. The molecule has 1 atom stereocenters. The van der Waals surface area contributed by atoms with Gasteiger partial charge < -0.3 is 9.47 Å². The maximum atomic E-state index is 12.9. The lowest BCUT2D eigenvalue weighted by Gasteiger charge is -2.33. The normalized spacial score (nSPS) is 12.5. The Hall–Kier alpha value is -2.85. The minimum atomic E-state index is -0.354. The quantitative estimate of drug-likeness (QED) is 0.407. The number of fused-ring (bicyclic) bond motifs is 1. The van der Waals surface area contributed by atoms with Crippen LogP contribution < -0.4 is 4.74 Å². The molecule has 0 aliphatic heterocycles. The summed E-state index contributed by atoms with van der Waals surface area (Å²) >= 11 is 0. The zero-order chi connectivity index (χ0) is 22.2. The summed E-state index contributed by atoms with van der Waals surface area (Å²) in [6, 6.07) is 24.5. The molecule has 0 saturated heterocycles. The van der Waals surface area contributed by atoms with Crippen LogP contribution in [0.3, 0.4) is 0 Å². The lowest BCUT2D eigenvalue weighted by Crippen LogP contribution is -2.45. The van der Waals surface area contributed by atoms with Crippen molar-refractivity contribution in [3.05, 3.63) is 78.4 Å². The third kappa shape index (κ3) is 6.56. The van der Waals surface area contributed by atoms with Crippen molar-refractivity contribution in [2.45, 2.75) is 52.3 Å². The summed E-state index contributed by atoms with van der Waals surface area (Å²) in [6.07, 6.45) is -0.112. The van der Waals surface area contributed by atoms with E-state index in [1.54, 1.807) is 0 Å². The standard InChI is InChI=1S/C27H33NO3/c1-20(2)28(21(3)4)18-25(19-30-24-14-6-5-7-15-24)31-27(29)17-23-13-10-12-22-11-8-9-16-26(22)23/h5-16,20-21,25H,17-19H2,1-4H3/t25-/m0/s1. The summed E-state index contributed by atoms with van der Waals surface area (Å²) < 4.78 is 11.9. The number of esters is 1. The van der Waals surface area contributed by atoms with E-state index < -0.39 is 0 Å². The van der Waals surface area contributed by atoms with Crippen LogP contribution in [0.4, 0.5) is 0 Å². The van der Waals surface area contributed by atoms with Gasteiger partial charge in [0.1, 0.15) is 18.5 Å². The minimum Gasteiger partial charge on any atom is -0.490 e. The molecule has 0 unspecified atom stereocenters. The first-order valence-corrected chi connectivity index (χ1v) is 11.0. The van der Waals surface area contributed by atoms with Gasteiger partial charge in [0.25, 0.3) is 0 Å². The molecule has 31 heavy (non-hydrogen) atoms. The maximum absolute atomic E-state index is 12.9. The van der Waals surface area contributed by atoms with Crippen molar-refractivity contribution in [2.24, 2.45) is 0 Å². The van der Waals surface area contributed by atoms with Gasteiger partial charge in [-0.05, 0) is 56.2 Å². The first-order valence-electron chi connectivity index (χ1n) is 11.0. The number of carbonyl (C=O) groups excluding carboxylic acids is 1. The molecule has 0 spiro atoms. The zero-order valence-corrected chi connectivity index (χ0v) is 19.0. The molecular weight excluding hydrogens is 386 g/mol. The Kier molecular flexibility index (Phi) is 8.07. The lowest BCUT2D eigenvalue weighted by molar-refractivity contribution is -0.151. The second-order valence-electron chi connectivity index (χ2n) is 8.44. The van der Waals surface area contributed by atoms with Crippen molar-refractivity contribution in [1.29, 1.82) is 0 Å². The molecule has 0 fully saturated rings. The van der Waals surface area contributed by atoms with Crippen LogP contribution in [0.2, 0.25) is 0 Å². The molecule has 4 nitrogen and oxygen atoms in total. The molecule has 3 aromatic carbocycles. The van der Waals surface area contributed by atoms with Gasteiger partial charge in [-0.25, -0.2) is 0 Å². The number of benzene rings is 3. The zero-order valence-electron chi connectivity index (χ0n) is 19.0. The van der Waals surface area contributed by atoms with E-state index in [1.807, 2.05) is 60.7 Å². The maximum Gasteiger partial charge on any atom is 0.310 e. The van der Waals surface area contributed by atoms with Gasteiger partial charge >= 0.3 is 5.97 Å². The molecule has 0 radical (unpaired) electrons. The highest BCUT2D eigenvalue weighted by molar-refractivity contribution is 5.89. The number of carbonyl (C=O) groups is 1. The Morgan fingerprint density at radius 1 is 0.839 bits per heavy atom. The average molecular weight is 420 g/mol. The first-order chi connectivity index (χ1) is 14.9. The van der Waals surface area contributed by atoms with Gasteiger partial charge in [0.2, 0.25) is 0 Å². The minimum absolute atomic E-state index is 0.231. The third-order valence-corrected chi connectivity index (χ3v) is 5.43. The molecule has 0 aromatic heterocycles. The SMILES string of the molecule is CC(C)N(C[C@@H](COc1ccccc1)OC(=O)Cc1cccc2ccccc12)C(C)C. The van der Waals surface area contributed by atoms with Crippen LogP contribution in [0.1, 0.15) is 33.3 Å². The fraction of sp³-hybridized carbons (Fsp3) is 0.370. The van der Waals surface area contributed by atoms with E-state index in [-0.39, 0.29) is 18.5 Å². The number of rotatable bonds is 10. The van der Waals surface area contributed by atoms with Gasteiger partial charge in [-0.2, -0.15) is 0 Å². The van der Waals surface area contributed by atoms with Gasteiger partial charge in [0.05, 0.1) is 6.42 Å². The molecule has 3 rings (SSSR count). The lowest BCUT2D eigenvalue weighted by atomic mass is 10.0. The molecule has 164 valence electrons. The van der Waals surface area contributed by atoms with E-state index in [9.17, 15) is 4.79 Å². The molecule has 0 saturated carbocycles. The Balaban J connectivity index is 1.71. The van der Waals surface area contributed by atoms with Crippen LogP contribution in [0.15, 0.2) is 72.8 Å². The highest BCUT2D eigenvalue weighted by Gasteiger charge is 2.23. The molecule has 0 N–H and O–H groups in total. The number of nitrogens with zero attached hydrogens (tertiary/aromatic N) is 1. The van der Waals surface area contributed by atoms with Crippen molar-refractivity contribution in [3.8, 4) is 5.75 Å². The highest BCUT2D eigenvalue weighted by Crippen LogP contribution is 2.20. The summed E-state index contributed by atoms with van der Waals surface area (Å²) in [6.45, 7) is 9.59. The van der Waals surface area contributed by atoms with E-state index in [1.165, 1.54) is 0 Å². The predicted molar refractivity (Wildman–Crippen MR) is 126 cm³/mol. The average Bonchev–Trinajstić information content (AvgIpc) is 2.76. The van der Waals surface area contributed by atoms with Crippen molar-refractivity contribution in [1.82, 2.24) is 4.90 Å². The Bertz CT molecular complexity index is 955. The van der Waals surface area contributed by atoms with Gasteiger partial charge in [0, 0.05) is 18.6 Å². The number of hydrogen-bond acceptors (Lipinski definition) is 4. The van der Waals surface area contributed by atoms with Crippen LogP contribution in [-0.4, -0.2) is 42.2 Å². The largest absolute Gasteiger partial charge is 0.490 e. The smallest absolute Gasteiger partial charge is 0.310 e. The summed E-state index contributed by atoms with van der Waals surface area (Å²) in [5.74, 6) is 0.545. The molecule has 3 aromatic rings. The van der Waals surface area contributed by atoms with E-state index in [4.69, 9.17) is 9.47 Å². The van der Waals surface area contributed by atoms with Crippen LogP contribution in [0, 0.1) is 0 Å². The van der Waals surface area contributed by atoms with Crippen LogP contribution in [0.25, 0.3) is 10.8 Å². The fourth-order valence-electron chi connectivity index (χ4n) is 3.91. The van der Waals surface area contributed by atoms with E-state index in [0.29, 0.717) is 25.2 Å². The molecule has 0 bridgehead atoms. The molecule has 0 heterocycles. The van der Waals surface area contributed by atoms with E-state index in [2.05, 4.69) is 44.7 Å². The number of para-hydroxylation sites is 1. The Labute approximate surface area is 185 Å². The van der Waals surface area contributed by atoms with E-state index in [0.717, 1.165) is 22.1 Å². The van der Waals surface area contributed by atoms with Crippen LogP contribution >= 0.6 is 0 Å². The van der Waals surface area contributed by atoms with Gasteiger partial charge in [-0.15, -0.1) is 0 Å². The molecular formula is C27H33NO3. The van der Waals surface area contributed by atoms with Gasteiger partial charge in [-0.3, -0.25) is 9.69 Å². The molecule has 0 aliphatic rings. The summed E-state index contributed by atoms with van der Waals surface area (Å²) in [5, 5.41) is 2.22. The second kappa shape index (κ2) is 11.0. The number of hydrogen-bond donors (Lipinski definition) is 0. The van der Waals surface area contributed by atoms with Crippen LogP contribution in [-0.2, 0) is 16.0 Å². The monoisotopic (exact) mass is 419 g/mol. The van der Waals surface area contributed by atoms with Crippen LogP contribution in [0.5, 0.6) is 5.75 Å². The summed E-state index contributed by atoms with van der Waals surface area (Å²) in [7, 11) is 0.